The summed E-state index contributed by atoms with van der Waals surface area (Å²) in [5, 5.41) is 28.9. The molecule has 0 N–H and O–H groups in total. The SMILES string of the molecule is Cc1ccccc1N(c1cc2c(c3ccccc13)-c1c(cc(N(c3ccccc3C)c3cccc4c3oc3c(C#N)cccc34)c3ccccc13)C21c2ccccc2N(c2ccccc2)c2ccccc21)c1cccc2c1oc1c(C#N)cccc12. The van der Waals surface area contributed by atoms with Gasteiger partial charge in [-0.3, -0.25) is 0 Å². The Morgan fingerprint density at radius 1 is 0.326 bits per heavy atom. The highest BCUT2D eigenvalue weighted by atomic mass is 16.3. The number of aryl methyl sites for hydroxylation is 2. The molecule has 0 atom stereocenters. The highest BCUT2D eigenvalue weighted by Gasteiger charge is 2.54. The van der Waals surface area contributed by atoms with Gasteiger partial charge in [0.15, 0.2) is 22.3 Å². The summed E-state index contributed by atoms with van der Waals surface area (Å²) in [6.45, 7) is 4.35. The Kier molecular flexibility index (Phi) is 10.7. The van der Waals surface area contributed by atoms with Gasteiger partial charge in [-0.25, -0.2) is 0 Å². The average Bonchev–Trinajstić information content (AvgIpc) is 1.46. The van der Waals surface area contributed by atoms with E-state index in [9.17, 15) is 10.5 Å². The van der Waals surface area contributed by atoms with Crippen molar-refractivity contribution in [1.29, 1.82) is 10.5 Å². The van der Waals surface area contributed by atoms with Crippen LogP contribution < -0.4 is 14.7 Å². The van der Waals surface area contributed by atoms with E-state index in [1.165, 1.54) is 0 Å². The van der Waals surface area contributed by atoms with Gasteiger partial charge in [0, 0.05) is 49.4 Å². The van der Waals surface area contributed by atoms with Gasteiger partial charge in [-0.2, -0.15) is 10.5 Å². The molecule has 402 valence electrons. The van der Waals surface area contributed by atoms with Crippen molar-refractivity contribution < 1.29 is 8.83 Å². The molecule has 3 heterocycles. The zero-order chi connectivity index (χ0) is 57.4. The van der Waals surface area contributed by atoms with E-state index in [-0.39, 0.29) is 0 Å². The van der Waals surface area contributed by atoms with Crippen molar-refractivity contribution >= 4 is 117 Å². The van der Waals surface area contributed by atoms with Crippen molar-refractivity contribution in [3.63, 3.8) is 0 Å². The molecule has 0 radical (unpaired) electrons. The summed E-state index contributed by atoms with van der Waals surface area (Å²) in [5.41, 5.74) is 20.5. The van der Waals surface area contributed by atoms with Crippen molar-refractivity contribution in [2.24, 2.45) is 0 Å². The summed E-state index contributed by atoms with van der Waals surface area (Å²) in [7, 11) is 0. The van der Waals surface area contributed by atoms with Crippen LogP contribution in [0.3, 0.4) is 0 Å². The van der Waals surface area contributed by atoms with Crippen molar-refractivity contribution in [3.05, 3.63) is 305 Å². The predicted molar refractivity (Wildman–Crippen MR) is 350 cm³/mol. The van der Waals surface area contributed by atoms with Crippen LogP contribution in [0.1, 0.15) is 44.5 Å². The first-order valence-corrected chi connectivity index (χ1v) is 29.0. The smallest absolute Gasteiger partial charge is 0.159 e. The van der Waals surface area contributed by atoms with Crippen molar-refractivity contribution in [3.8, 4) is 23.3 Å². The molecule has 0 saturated carbocycles. The van der Waals surface area contributed by atoms with E-state index in [1.807, 2.05) is 36.4 Å². The Morgan fingerprint density at radius 3 is 1.14 bits per heavy atom. The van der Waals surface area contributed by atoms with Crippen LogP contribution in [0, 0.1) is 36.5 Å². The van der Waals surface area contributed by atoms with Crippen LogP contribution in [-0.4, -0.2) is 0 Å². The number of nitrogens with zero attached hydrogens (tertiary/aromatic N) is 5. The summed E-state index contributed by atoms with van der Waals surface area (Å²) in [6.07, 6.45) is 0. The second-order valence-corrected chi connectivity index (χ2v) is 22.5. The van der Waals surface area contributed by atoms with E-state index in [2.05, 4.69) is 265 Å². The van der Waals surface area contributed by atoms with Crippen LogP contribution in [0.5, 0.6) is 0 Å². The van der Waals surface area contributed by atoms with Crippen LogP contribution >= 0.6 is 0 Å². The topological polar surface area (TPSA) is 83.6 Å². The molecule has 1 aliphatic heterocycles. The molecule has 2 aliphatic rings. The van der Waals surface area contributed by atoms with Crippen LogP contribution in [0.15, 0.2) is 270 Å². The quantitative estimate of drug-likeness (QED) is 0.157. The number of fused-ring (bicyclic) bond motifs is 19. The number of nitriles is 2. The zero-order valence-electron chi connectivity index (χ0n) is 46.9. The molecule has 0 amide bonds. The Bertz CT molecular complexity index is 5150. The van der Waals surface area contributed by atoms with Crippen LogP contribution in [0.4, 0.5) is 51.2 Å². The number of hydrogen-bond acceptors (Lipinski definition) is 7. The maximum Gasteiger partial charge on any atom is 0.159 e. The minimum absolute atomic E-state index is 0.490. The predicted octanol–water partition coefficient (Wildman–Crippen LogP) is 21.2. The molecule has 0 saturated heterocycles. The lowest BCUT2D eigenvalue weighted by Crippen LogP contribution is -2.36. The van der Waals surface area contributed by atoms with Gasteiger partial charge in [-0.1, -0.05) is 188 Å². The third-order valence-electron chi connectivity index (χ3n) is 18.1. The molecule has 0 unspecified atom stereocenters. The lowest BCUT2D eigenvalue weighted by atomic mass is 9.64. The van der Waals surface area contributed by atoms with E-state index in [0.29, 0.717) is 33.5 Å². The van der Waals surface area contributed by atoms with Gasteiger partial charge < -0.3 is 23.5 Å². The number of anilines is 9. The molecular weight excluding hydrogens is 1050 g/mol. The minimum atomic E-state index is -0.963. The molecular formula is C79H49N5O2. The zero-order valence-corrected chi connectivity index (χ0v) is 46.9. The summed E-state index contributed by atoms with van der Waals surface area (Å²) in [6, 6.07) is 97.9. The van der Waals surface area contributed by atoms with E-state index in [0.717, 1.165) is 139 Å². The van der Waals surface area contributed by atoms with Gasteiger partial charge in [0.05, 0.1) is 50.7 Å². The normalized spacial score (nSPS) is 12.8. The molecule has 15 aromatic rings. The molecule has 0 fully saturated rings. The maximum absolute atomic E-state index is 10.4. The first-order valence-electron chi connectivity index (χ1n) is 29.0. The summed E-state index contributed by atoms with van der Waals surface area (Å²) in [4.78, 5) is 7.24. The maximum atomic E-state index is 10.4. The van der Waals surface area contributed by atoms with Crippen LogP contribution in [-0.2, 0) is 5.41 Å². The molecule has 17 rings (SSSR count). The largest absolute Gasteiger partial charge is 0.452 e. The minimum Gasteiger partial charge on any atom is -0.452 e. The van der Waals surface area contributed by atoms with Crippen molar-refractivity contribution in [1.82, 2.24) is 0 Å². The van der Waals surface area contributed by atoms with Gasteiger partial charge in [0.2, 0.25) is 0 Å². The second kappa shape index (κ2) is 18.7. The van der Waals surface area contributed by atoms with E-state index < -0.39 is 5.41 Å². The first-order chi connectivity index (χ1) is 42.5. The van der Waals surface area contributed by atoms with Crippen molar-refractivity contribution in [2.45, 2.75) is 19.3 Å². The first kappa shape index (κ1) is 49.0. The van der Waals surface area contributed by atoms with Crippen LogP contribution in [0.2, 0.25) is 0 Å². The molecule has 1 spiro atoms. The van der Waals surface area contributed by atoms with E-state index in [4.69, 9.17) is 8.83 Å². The van der Waals surface area contributed by atoms with Crippen molar-refractivity contribution in [2.75, 3.05) is 14.7 Å². The number of furan rings is 2. The number of rotatable bonds is 7. The fourth-order valence-electron chi connectivity index (χ4n) is 14.6. The van der Waals surface area contributed by atoms with Gasteiger partial charge in [-0.05, 0) is 142 Å². The lowest BCUT2D eigenvalue weighted by molar-refractivity contribution is 0.667. The molecule has 1 aliphatic carbocycles. The van der Waals surface area contributed by atoms with Gasteiger partial charge in [0.25, 0.3) is 0 Å². The number of benzene rings is 13. The van der Waals surface area contributed by atoms with Gasteiger partial charge >= 0.3 is 0 Å². The monoisotopic (exact) mass is 1100 g/mol. The molecule has 7 heteroatoms. The van der Waals surface area contributed by atoms with Gasteiger partial charge in [0.1, 0.15) is 12.1 Å². The second-order valence-electron chi connectivity index (χ2n) is 22.5. The van der Waals surface area contributed by atoms with E-state index >= 15 is 0 Å². The van der Waals surface area contributed by atoms with E-state index in [1.54, 1.807) is 0 Å². The summed E-state index contributed by atoms with van der Waals surface area (Å²) in [5.74, 6) is 0. The molecule has 2 aromatic heterocycles. The number of para-hydroxylation sites is 9. The Labute approximate surface area is 495 Å². The third kappa shape index (κ3) is 6.71. The highest BCUT2D eigenvalue weighted by Crippen LogP contribution is 2.67. The summed E-state index contributed by atoms with van der Waals surface area (Å²) < 4.78 is 14.0. The summed E-state index contributed by atoms with van der Waals surface area (Å²) >= 11 is 0. The molecule has 7 nitrogen and oxygen atoms in total. The Hall–Kier alpha value is -11.6. The third-order valence-corrected chi connectivity index (χ3v) is 18.1. The molecule has 13 aromatic carbocycles. The fraction of sp³-hybridized carbons (Fsp3) is 0.0380. The van der Waals surface area contributed by atoms with Crippen LogP contribution in [0.25, 0.3) is 76.5 Å². The molecule has 86 heavy (non-hydrogen) atoms. The number of hydrogen-bond donors (Lipinski definition) is 0. The fourth-order valence-corrected chi connectivity index (χ4v) is 14.6. The van der Waals surface area contributed by atoms with Gasteiger partial charge in [-0.15, -0.1) is 0 Å². The standard InChI is InChI=1S/C79H49N5O2/c1-48-22-6-14-38-65(48)83(69-42-20-34-59-57-32-18-24-50(46-80)75(57)85-77(59)69)71-44-63-73(55-30-10-8-28-53(55)71)74-56-31-11-9-29-54(56)72(84(66-39-15-7-23-49(66)2)70-43-21-35-60-58-33-19-25-51(47-81)76(58)86-78(60)70)45-64(74)79(63)61-36-12-16-40-67(61)82(52-26-4-3-5-27-52)68-41-17-13-37-62(68)79/h3-45H,1-2H3. The average molecular weight is 1100 g/mol. The lowest BCUT2D eigenvalue weighted by Gasteiger charge is -2.45. The Morgan fingerprint density at radius 2 is 0.686 bits per heavy atom. The Balaban J connectivity index is 1.05. The highest BCUT2D eigenvalue weighted by molar-refractivity contribution is 6.21. The molecule has 0 bridgehead atoms.